The molecule has 30 heavy (non-hydrogen) atoms. The lowest BCUT2D eigenvalue weighted by Crippen LogP contribution is -2.54. The number of hydrogen-bond donors (Lipinski definition) is 1. The van der Waals surface area contributed by atoms with Gasteiger partial charge in [0.15, 0.2) is 0 Å². The van der Waals surface area contributed by atoms with Crippen molar-refractivity contribution in [3.05, 3.63) is 35.2 Å². The predicted octanol–water partition coefficient (Wildman–Crippen LogP) is 1.65. The molecule has 1 saturated carbocycles. The van der Waals surface area contributed by atoms with E-state index in [1.165, 1.54) is 0 Å². The molecule has 3 aliphatic rings. The number of nitrogens with zero attached hydrogens (tertiary/aromatic N) is 2. The third-order valence-corrected chi connectivity index (χ3v) is 6.51. The van der Waals surface area contributed by atoms with E-state index in [4.69, 9.17) is 9.47 Å². The van der Waals surface area contributed by atoms with Gasteiger partial charge in [-0.3, -0.25) is 9.59 Å². The van der Waals surface area contributed by atoms with Gasteiger partial charge < -0.3 is 24.3 Å². The molecule has 1 fully saturated rings. The number of esters is 1. The first-order valence-electron chi connectivity index (χ1n) is 10.6. The molecule has 2 aliphatic heterocycles. The second-order valence-corrected chi connectivity index (χ2v) is 8.35. The normalized spacial score (nSPS) is 23.0. The minimum absolute atomic E-state index is 0.0685. The van der Waals surface area contributed by atoms with Gasteiger partial charge in [-0.25, -0.2) is 4.79 Å². The molecule has 1 atom stereocenters. The molecular weight excluding hydrogens is 386 g/mol. The Kier molecular flexibility index (Phi) is 5.69. The van der Waals surface area contributed by atoms with Crippen molar-refractivity contribution >= 4 is 17.8 Å². The van der Waals surface area contributed by atoms with Gasteiger partial charge >= 0.3 is 5.97 Å². The van der Waals surface area contributed by atoms with Crippen molar-refractivity contribution in [1.29, 1.82) is 0 Å². The van der Waals surface area contributed by atoms with Crippen molar-refractivity contribution < 1.29 is 23.9 Å². The first-order chi connectivity index (χ1) is 14.5. The summed E-state index contributed by atoms with van der Waals surface area (Å²) in [5.41, 5.74) is 0.732. The topological polar surface area (TPSA) is 89.9 Å². The average molecular weight is 415 g/mol. The van der Waals surface area contributed by atoms with Gasteiger partial charge in [0.05, 0.1) is 18.2 Å². The van der Waals surface area contributed by atoms with Crippen LogP contribution in [0.1, 0.15) is 49.5 Å². The number of methoxy groups -OCH3 is 1. The largest absolute Gasteiger partial charge is 0.451 e. The van der Waals surface area contributed by atoms with Crippen LogP contribution in [0.25, 0.3) is 0 Å². The van der Waals surface area contributed by atoms with Crippen LogP contribution in [-0.2, 0) is 25.6 Å². The van der Waals surface area contributed by atoms with E-state index in [9.17, 15) is 14.4 Å². The van der Waals surface area contributed by atoms with Crippen LogP contribution in [0.2, 0.25) is 0 Å². The molecule has 0 saturated heterocycles. The van der Waals surface area contributed by atoms with Crippen LogP contribution in [0, 0.1) is 0 Å². The van der Waals surface area contributed by atoms with E-state index >= 15 is 0 Å². The Bertz CT molecular complexity index is 881. The summed E-state index contributed by atoms with van der Waals surface area (Å²) in [4.78, 5) is 40.1. The number of ether oxygens (including phenoxy) is 2. The zero-order valence-corrected chi connectivity index (χ0v) is 17.6. The van der Waals surface area contributed by atoms with E-state index in [0.717, 1.165) is 19.3 Å². The van der Waals surface area contributed by atoms with Gasteiger partial charge in [-0.1, -0.05) is 6.42 Å². The Morgan fingerprint density at radius 3 is 2.80 bits per heavy atom. The van der Waals surface area contributed by atoms with E-state index in [2.05, 4.69) is 5.32 Å². The molecule has 1 aromatic heterocycles. The third kappa shape index (κ3) is 3.53. The Hall–Kier alpha value is -2.61. The summed E-state index contributed by atoms with van der Waals surface area (Å²) in [6.07, 6.45) is 6.22. The predicted molar refractivity (Wildman–Crippen MR) is 109 cm³/mol. The summed E-state index contributed by atoms with van der Waals surface area (Å²) in [7, 11) is 1.60. The quantitative estimate of drug-likeness (QED) is 0.714. The lowest BCUT2D eigenvalue weighted by atomic mass is 9.78. The van der Waals surface area contributed by atoms with E-state index in [1.807, 2.05) is 16.8 Å². The number of aromatic nitrogens is 1. The van der Waals surface area contributed by atoms with E-state index < -0.39 is 11.6 Å². The van der Waals surface area contributed by atoms with Crippen molar-refractivity contribution in [3.63, 3.8) is 0 Å². The number of carbonyl (C=O) groups excluding carboxylic acids is 3. The van der Waals surface area contributed by atoms with Crippen LogP contribution in [0.3, 0.4) is 0 Å². The van der Waals surface area contributed by atoms with E-state index in [-0.39, 0.29) is 17.9 Å². The van der Waals surface area contributed by atoms with Crippen LogP contribution in [-0.4, -0.2) is 65.7 Å². The smallest absolute Gasteiger partial charge is 0.335 e. The van der Waals surface area contributed by atoms with Crippen molar-refractivity contribution in [1.82, 2.24) is 14.8 Å². The lowest BCUT2D eigenvalue weighted by molar-refractivity contribution is -0.149. The van der Waals surface area contributed by atoms with Crippen molar-refractivity contribution in [2.24, 2.45) is 0 Å². The molecule has 3 heterocycles. The zero-order chi connectivity index (χ0) is 21.3. The minimum Gasteiger partial charge on any atom is -0.451 e. The second kappa shape index (κ2) is 8.26. The fraction of sp³-hybridized carbons (Fsp3) is 0.591. The summed E-state index contributed by atoms with van der Waals surface area (Å²) in [6, 6.07) is 3.46. The van der Waals surface area contributed by atoms with Gasteiger partial charge in [-0.05, 0) is 44.7 Å². The number of amides is 2. The van der Waals surface area contributed by atoms with Gasteiger partial charge in [0.25, 0.3) is 11.8 Å². The standard InChI is InChI=1S/C22H29N3O5/c1-15-18(22(30-21(15)28)8-4-3-5-9-22)19(26)23-13-16-14-24-10-6-7-17(24)20(27)25(16)11-12-29-2/h6-7,10,16H,3-5,8-9,11-14H2,1-2H3,(H,23,26). The summed E-state index contributed by atoms with van der Waals surface area (Å²) in [5.74, 6) is -0.729. The number of fused-ring (bicyclic) bond motifs is 1. The van der Waals surface area contributed by atoms with Gasteiger partial charge in [-0.2, -0.15) is 0 Å². The fourth-order valence-electron chi connectivity index (χ4n) is 4.95. The minimum atomic E-state index is -0.783. The van der Waals surface area contributed by atoms with Crippen molar-refractivity contribution in [2.45, 2.75) is 57.2 Å². The number of rotatable bonds is 6. The SMILES string of the molecule is COCCN1C(=O)c2cccn2CC1CNC(=O)C1=C(C)C(=O)OC12CCCCC2. The van der Waals surface area contributed by atoms with E-state index in [0.29, 0.717) is 55.9 Å². The van der Waals surface area contributed by atoms with Crippen LogP contribution in [0.15, 0.2) is 29.5 Å². The second-order valence-electron chi connectivity index (χ2n) is 8.35. The van der Waals surface area contributed by atoms with Crippen molar-refractivity contribution in [3.8, 4) is 0 Å². The molecule has 8 nitrogen and oxygen atoms in total. The first kappa shape index (κ1) is 20.7. The number of carbonyl (C=O) groups is 3. The molecule has 0 radical (unpaired) electrons. The molecule has 1 aliphatic carbocycles. The fourth-order valence-corrected chi connectivity index (χ4v) is 4.95. The highest BCUT2D eigenvalue weighted by Crippen LogP contribution is 2.43. The molecule has 0 aromatic carbocycles. The van der Waals surface area contributed by atoms with Crippen LogP contribution >= 0.6 is 0 Å². The number of nitrogens with one attached hydrogen (secondary N) is 1. The van der Waals surface area contributed by atoms with Crippen LogP contribution < -0.4 is 5.32 Å². The highest BCUT2D eigenvalue weighted by molar-refractivity contribution is 6.07. The number of hydrogen-bond acceptors (Lipinski definition) is 5. The highest BCUT2D eigenvalue weighted by atomic mass is 16.6. The summed E-state index contributed by atoms with van der Waals surface area (Å²) >= 11 is 0. The molecule has 0 bridgehead atoms. The van der Waals surface area contributed by atoms with Gasteiger partial charge in [0.2, 0.25) is 0 Å². The molecule has 1 spiro atoms. The molecule has 4 rings (SSSR count). The Morgan fingerprint density at radius 2 is 2.07 bits per heavy atom. The summed E-state index contributed by atoms with van der Waals surface area (Å²) in [6.45, 7) is 3.44. The van der Waals surface area contributed by atoms with E-state index in [1.54, 1.807) is 25.0 Å². The molecular formula is C22H29N3O5. The van der Waals surface area contributed by atoms with Crippen LogP contribution in [0.4, 0.5) is 0 Å². The maximum absolute atomic E-state index is 13.2. The zero-order valence-electron chi connectivity index (χ0n) is 17.6. The van der Waals surface area contributed by atoms with Crippen LogP contribution in [0.5, 0.6) is 0 Å². The molecule has 8 heteroatoms. The Labute approximate surface area is 176 Å². The lowest BCUT2D eigenvalue weighted by Gasteiger charge is -2.37. The molecule has 1 aromatic rings. The summed E-state index contributed by atoms with van der Waals surface area (Å²) in [5, 5.41) is 2.99. The van der Waals surface area contributed by atoms with Gasteiger partial charge in [0.1, 0.15) is 11.3 Å². The van der Waals surface area contributed by atoms with Crippen molar-refractivity contribution in [2.75, 3.05) is 26.8 Å². The first-order valence-corrected chi connectivity index (χ1v) is 10.6. The highest BCUT2D eigenvalue weighted by Gasteiger charge is 2.49. The van der Waals surface area contributed by atoms with Gasteiger partial charge in [0, 0.05) is 38.5 Å². The molecule has 1 N–H and O–H groups in total. The molecule has 1 unspecified atom stereocenters. The maximum atomic E-state index is 13.2. The van der Waals surface area contributed by atoms with Gasteiger partial charge in [-0.15, -0.1) is 0 Å². The average Bonchev–Trinajstić information content (AvgIpc) is 3.29. The summed E-state index contributed by atoms with van der Waals surface area (Å²) < 4.78 is 12.8. The monoisotopic (exact) mass is 415 g/mol. The maximum Gasteiger partial charge on any atom is 0.335 e. The third-order valence-electron chi connectivity index (χ3n) is 6.51. The Balaban J connectivity index is 1.50. The Morgan fingerprint density at radius 1 is 1.30 bits per heavy atom. The molecule has 2 amide bonds. The molecule has 162 valence electrons.